The number of hydrogen-bond donors (Lipinski definition) is 1. The Balaban J connectivity index is 1.55. The molecule has 0 atom stereocenters. The van der Waals surface area contributed by atoms with Crippen LogP contribution in [0.15, 0.2) is 67.0 Å². The van der Waals surface area contributed by atoms with Gasteiger partial charge < -0.3 is 4.57 Å². The number of carbonyl (C=O) groups is 1. The van der Waals surface area contributed by atoms with Crippen molar-refractivity contribution in [3.8, 4) is 11.3 Å². The first-order valence-corrected chi connectivity index (χ1v) is 10.3. The molecule has 156 valence electrons. The van der Waals surface area contributed by atoms with Crippen LogP contribution in [0.2, 0.25) is 0 Å². The van der Waals surface area contributed by atoms with Gasteiger partial charge in [-0.15, -0.1) is 0 Å². The molecular weight excluding hydrogens is 384 g/mol. The van der Waals surface area contributed by atoms with E-state index in [-0.39, 0.29) is 5.91 Å². The van der Waals surface area contributed by atoms with Gasteiger partial charge in [-0.2, -0.15) is 0 Å². The zero-order valence-electron chi connectivity index (χ0n) is 18.3. The summed E-state index contributed by atoms with van der Waals surface area (Å²) < 4.78 is 1.92. The van der Waals surface area contributed by atoms with E-state index < -0.39 is 0 Å². The third-order valence-electron chi connectivity index (χ3n) is 5.63. The van der Waals surface area contributed by atoms with Crippen molar-refractivity contribution in [2.45, 2.75) is 27.2 Å². The topological polar surface area (TPSA) is 59.8 Å². The third kappa shape index (κ3) is 4.40. The maximum Gasteiger partial charge on any atom is 0.257 e. The number of pyridine rings is 1. The van der Waals surface area contributed by atoms with Crippen LogP contribution in [0.4, 0.5) is 5.95 Å². The molecule has 1 N–H and O–H groups in total. The Morgan fingerprint density at radius 2 is 1.74 bits per heavy atom. The smallest absolute Gasteiger partial charge is 0.257 e. The van der Waals surface area contributed by atoms with E-state index in [1.54, 1.807) is 6.20 Å². The first-order valence-electron chi connectivity index (χ1n) is 10.3. The van der Waals surface area contributed by atoms with Crippen LogP contribution in [-0.4, -0.2) is 20.4 Å². The fourth-order valence-corrected chi connectivity index (χ4v) is 3.72. The Morgan fingerprint density at radius 3 is 2.52 bits per heavy atom. The summed E-state index contributed by atoms with van der Waals surface area (Å²) in [6, 6.07) is 17.8. The molecular formula is C26H26N4O. The summed E-state index contributed by atoms with van der Waals surface area (Å²) in [5, 5.41) is 2.95. The van der Waals surface area contributed by atoms with Crippen molar-refractivity contribution in [3.63, 3.8) is 0 Å². The molecule has 0 spiro atoms. The van der Waals surface area contributed by atoms with Crippen LogP contribution in [0.5, 0.6) is 0 Å². The quantitative estimate of drug-likeness (QED) is 0.489. The maximum absolute atomic E-state index is 12.9. The number of amides is 1. The summed E-state index contributed by atoms with van der Waals surface area (Å²) in [6.45, 7) is 6.32. The van der Waals surface area contributed by atoms with Crippen molar-refractivity contribution in [3.05, 3.63) is 101 Å². The normalized spacial score (nSPS) is 10.8. The number of imidazole rings is 1. The van der Waals surface area contributed by atoms with Crippen molar-refractivity contribution >= 4 is 11.9 Å². The van der Waals surface area contributed by atoms with E-state index in [0.717, 1.165) is 22.5 Å². The van der Waals surface area contributed by atoms with Crippen molar-refractivity contribution in [1.29, 1.82) is 0 Å². The number of benzene rings is 2. The van der Waals surface area contributed by atoms with E-state index in [1.165, 1.54) is 16.7 Å². The lowest BCUT2D eigenvalue weighted by Gasteiger charge is -2.12. The number of rotatable bonds is 5. The highest BCUT2D eigenvalue weighted by Gasteiger charge is 2.15. The molecule has 0 fully saturated rings. The molecule has 0 radical (unpaired) electrons. The van der Waals surface area contributed by atoms with Crippen molar-refractivity contribution < 1.29 is 4.79 Å². The Kier molecular flexibility index (Phi) is 5.67. The van der Waals surface area contributed by atoms with Gasteiger partial charge in [0.05, 0.1) is 11.9 Å². The molecule has 2 aromatic carbocycles. The molecule has 31 heavy (non-hydrogen) atoms. The number of nitrogens with one attached hydrogen (secondary N) is 1. The monoisotopic (exact) mass is 410 g/mol. The summed E-state index contributed by atoms with van der Waals surface area (Å²) in [5.74, 6) is 0.340. The second-order valence-corrected chi connectivity index (χ2v) is 7.93. The predicted molar refractivity (Wildman–Crippen MR) is 124 cm³/mol. The molecule has 1 amide bonds. The molecule has 0 saturated heterocycles. The molecule has 0 unspecified atom stereocenters. The number of anilines is 1. The highest BCUT2D eigenvalue weighted by molar-refractivity contribution is 6.03. The van der Waals surface area contributed by atoms with Gasteiger partial charge in [-0.1, -0.05) is 24.3 Å². The van der Waals surface area contributed by atoms with E-state index in [9.17, 15) is 4.79 Å². The van der Waals surface area contributed by atoms with Crippen molar-refractivity contribution in [2.24, 2.45) is 7.05 Å². The standard InChI is InChI=1S/C26H26N4O/c1-17-12-19(3)23(13-18(17)2)24-16-28-26(30(24)4)29-25(31)21-9-7-8-20(14-21)15-22-10-5-6-11-27-22/h5-14,16H,15H2,1-4H3,(H,28,29,31). The number of aryl methyl sites for hydroxylation is 3. The highest BCUT2D eigenvalue weighted by atomic mass is 16.1. The van der Waals surface area contributed by atoms with Gasteiger partial charge >= 0.3 is 0 Å². The van der Waals surface area contributed by atoms with E-state index in [1.807, 2.05) is 60.3 Å². The first kappa shape index (κ1) is 20.5. The second kappa shape index (κ2) is 8.56. The van der Waals surface area contributed by atoms with Crippen LogP contribution in [0.25, 0.3) is 11.3 Å². The minimum Gasteiger partial charge on any atom is -0.313 e. The van der Waals surface area contributed by atoms with Gasteiger partial charge in [0.2, 0.25) is 5.95 Å². The molecule has 4 aromatic rings. The predicted octanol–water partition coefficient (Wildman–Crippen LogP) is 5.25. The minimum absolute atomic E-state index is 0.181. The summed E-state index contributed by atoms with van der Waals surface area (Å²) in [7, 11) is 1.92. The minimum atomic E-state index is -0.181. The molecule has 5 nitrogen and oxygen atoms in total. The van der Waals surface area contributed by atoms with Gasteiger partial charge in [-0.3, -0.25) is 15.1 Å². The molecule has 0 aliphatic heterocycles. The summed E-state index contributed by atoms with van der Waals surface area (Å²) in [6.07, 6.45) is 4.27. The zero-order chi connectivity index (χ0) is 22.0. The fourth-order valence-electron chi connectivity index (χ4n) is 3.72. The molecule has 0 aliphatic carbocycles. The van der Waals surface area contributed by atoms with Crippen molar-refractivity contribution in [2.75, 3.05) is 5.32 Å². The average molecular weight is 411 g/mol. The number of nitrogens with zero attached hydrogens (tertiary/aromatic N) is 3. The van der Waals surface area contributed by atoms with E-state index in [2.05, 4.69) is 48.2 Å². The number of hydrogen-bond acceptors (Lipinski definition) is 3. The molecule has 2 aromatic heterocycles. The lowest BCUT2D eigenvalue weighted by atomic mass is 9.99. The molecule has 4 rings (SSSR count). The van der Waals surface area contributed by atoms with E-state index in [4.69, 9.17) is 0 Å². The first-order chi connectivity index (χ1) is 14.9. The number of aromatic nitrogens is 3. The van der Waals surface area contributed by atoms with Gasteiger partial charge in [0.15, 0.2) is 0 Å². The fraction of sp³-hybridized carbons (Fsp3) is 0.192. The Morgan fingerprint density at radius 1 is 0.935 bits per heavy atom. The van der Waals surface area contributed by atoms with Crippen LogP contribution in [0.1, 0.15) is 38.3 Å². The lowest BCUT2D eigenvalue weighted by molar-refractivity contribution is 0.102. The summed E-state index contributed by atoms with van der Waals surface area (Å²) in [4.78, 5) is 21.7. The van der Waals surface area contributed by atoms with E-state index in [0.29, 0.717) is 17.9 Å². The summed E-state index contributed by atoms with van der Waals surface area (Å²) in [5.41, 5.74) is 8.39. The SMILES string of the molecule is Cc1cc(C)c(-c2cnc(NC(=O)c3cccc(Cc4ccccn4)c3)n2C)cc1C. The van der Waals surface area contributed by atoms with Crippen LogP contribution in [0.3, 0.4) is 0 Å². The van der Waals surface area contributed by atoms with Crippen LogP contribution in [-0.2, 0) is 13.5 Å². The molecule has 0 aliphatic rings. The van der Waals surface area contributed by atoms with Crippen LogP contribution in [0, 0.1) is 20.8 Å². The lowest BCUT2D eigenvalue weighted by Crippen LogP contribution is -2.15. The molecule has 2 heterocycles. The molecule has 5 heteroatoms. The second-order valence-electron chi connectivity index (χ2n) is 7.93. The van der Waals surface area contributed by atoms with Gasteiger partial charge in [-0.05, 0) is 73.4 Å². The zero-order valence-corrected chi connectivity index (χ0v) is 18.3. The van der Waals surface area contributed by atoms with Gasteiger partial charge in [0.1, 0.15) is 0 Å². The highest BCUT2D eigenvalue weighted by Crippen LogP contribution is 2.28. The van der Waals surface area contributed by atoms with Gasteiger partial charge in [-0.25, -0.2) is 4.98 Å². The van der Waals surface area contributed by atoms with Crippen LogP contribution < -0.4 is 5.32 Å². The molecule has 0 bridgehead atoms. The Bertz CT molecular complexity index is 1240. The Hall–Kier alpha value is -3.73. The Labute approximate surface area is 182 Å². The average Bonchev–Trinajstić information content (AvgIpc) is 3.11. The van der Waals surface area contributed by atoms with Crippen LogP contribution >= 0.6 is 0 Å². The van der Waals surface area contributed by atoms with Gasteiger partial charge in [0, 0.05) is 36.5 Å². The number of carbonyl (C=O) groups excluding carboxylic acids is 1. The molecule has 0 saturated carbocycles. The summed E-state index contributed by atoms with van der Waals surface area (Å²) >= 11 is 0. The maximum atomic E-state index is 12.9. The third-order valence-corrected chi connectivity index (χ3v) is 5.63. The largest absolute Gasteiger partial charge is 0.313 e. The van der Waals surface area contributed by atoms with E-state index >= 15 is 0 Å². The van der Waals surface area contributed by atoms with Crippen molar-refractivity contribution in [1.82, 2.24) is 14.5 Å². The van der Waals surface area contributed by atoms with Gasteiger partial charge in [0.25, 0.3) is 5.91 Å².